The quantitative estimate of drug-likeness (QED) is 0.695. The molecule has 1 rings (SSSR count). The molecule has 1 aliphatic carbocycles. The Hall–Kier alpha value is -0.700. The third-order valence-electron chi connectivity index (χ3n) is 2.24. The SMILES string of the molecule is CC.CC(=O)[C@@H]1CC[C@H](C=O)C1.CO. The van der Waals surface area contributed by atoms with Gasteiger partial charge in [0, 0.05) is 18.9 Å². The van der Waals surface area contributed by atoms with Gasteiger partial charge in [-0.1, -0.05) is 13.8 Å². The van der Waals surface area contributed by atoms with Crippen molar-refractivity contribution in [3.8, 4) is 0 Å². The molecular weight excluding hydrogens is 180 g/mol. The van der Waals surface area contributed by atoms with Crippen molar-refractivity contribution in [2.24, 2.45) is 11.8 Å². The molecule has 1 N–H and O–H groups in total. The van der Waals surface area contributed by atoms with Gasteiger partial charge in [-0.15, -0.1) is 0 Å². The van der Waals surface area contributed by atoms with E-state index in [0.29, 0.717) is 0 Å². The van der Waals surface area contributed by atoms with Crippen LogP contribution in [-0.2, 0) is 9.59 Å². The average molecular weight is 202 g/mol. The maximum atomic E-state index is 10.8. The maximum Gasteiger partial charge on any atom is 0.132 e. The van der Waals surface area contributed by atoms with Gasteiger partial charge in [0.05, 0.1) is 0 Å². The molecule has 84 valence electrons. The second kappa shape index (κ2) is 10.4. The van der Waals surface area contributed by atoms with Gasteiger partial charge in [-0.3, -0.25) is 4.79 Å². The largest absolute Gasteiger partial charge is 0.400 e. The molecule has 0 heterocycles. The van der Waals surface area contributed by atoms with E-state index in [1.165, 1.54) is 0 Å². The molecular formula is C11H22O3. The summed E-state index contributed by atoms with van der Waals surface area (Å²) in [5, 5.41) is 7.00. The number of carbonyl (C=O) groups excluding carboxylic acids is 2. The fourth-order valence-corrected chi connectivity index (χ4v) is 1.51. The van der Waals surface area contributed by atoms with Gasteiger partial charge in [0.2, 0.25) is 0 Å². The van der Waals surface area contributed by atoms with Gasteiger partial charge in [0.15, 0.2) is 0 Å². The molecule has 0 aromatic carbocycles. The van der Waals surface area contributed by atoms with E-state index < -0.39 is 0 Å². The molecule has 0 radical (unpaired) electrons. The van der Waals surface area contributed by atoms with Crippen molar-refractivity contribution >= 4 is 12.1 Å². The highest BCUT2D eigenvalue weighted by molar-refractivity contribution is 5.79. The molecule has 0 amide bonds. The van der Waals surface area contributed by atoms with Crippen molar-refractivity contribution in [3.05, 3.63) is 0 Å². The van der Waals surface area contributed by atoms with E-state index in [2.05, 4.69) is 0 Å². The smallest absolute Gasteiger partial charge is 0.132 e. The number of hydrogen-bond acceptors (Lipinski definition) is 3. The van der Waals surface area contributed by atoms with Crippen LogP contribution < -0.4 is 0 Å². The molecule has 3 heteroatoms. The lowest BCUT2D eigenvalue weighted by atomic mass is 10.0. The predicted octanol–water partition coefficient (Wildman–Crippen LogP) is 1.83. The maximum absolute atomic E-state index is 10.8. The van der Waals surface area contributed by atoms with Crippen LogP contribution in [0.25, 0.3) is 0 Å². The molecule has 3 nitrogen and oxygen atoms in total. The minimum Gasteiger partial charge on any atom is -0.400 e. The molecule has 0 saturated heterocycles. The summed E-state index contributed by atoms with van der Waals surface area (Å²) in [5.74, 6) is 0.577. The van der Waals surface area contributed by atoms with Gasteiger partial charge in [-0.05, 0) is 26.2 Å². The Kier molecular flexibility index (Phi) is 11.7. The molecule has 0 spiro atoms. The lowest BCUT2D eigenvalue weighted by Crippen LogP contribution is -2.06. The highest BCUT2D eigenvalue weighted by Crippen LogP contribution is 2.29. The molecule has 2 atom stereocenters. The van der Waals surface area contributed by atoms with E-state index in [0.717, 1.165) is 32.7 Å². The molecule has 14 heavy (non-hydrogen) atoms. The van der Waals surface area contributed by atoms with Crippen LogP contribution in [-0.4, -0.2) is 24.3 Å². The van der Waals surface area contributed by atoms with Gasteiger partial charge >= 0.3 is 0 Å². The molecule has 0 unspecified atom stereocenters. The van der Waals surface area contributed by atoms with Gasteiger partial charge < -0.3 is 9.90 Å². The predicted molar refractivity (Wildman–Crippen MR) is 57.1 cm³/mol. The first-order chi connectivity index (χ1) is 6.74. The zero-order valence-corrected chi connectivity index (χ0v) is 9.62. The van der Waals surface area contributed by atoms with Crippen molar-refractivity contribution in [2.75, 3.05) is 7.11 Å². The summed E-state index contributed by atoms with van der Waals surface area (Å²) in [4.78, 5) is 21.1. The first-order valence-corrected chi connectivity index (χ1v) is 5.14. The summed E-state index contributed by atoms with van der Waals surface area (Å²) < 4.78 is 0. The van der Waals surface area contributed by atoms with Crippen LogP contribution >= 0.6 is 0 Å². The highest BCUT2D eigenvalue weighted by Gasteiger charge is 2.26. The molecule has 0 bridgehead atoms. The lowest BCUT2D eigenvalue weighted by Gasteiger charge is -2.01. The van der Waals surface area contributed by atoms with Crippen LogP contribution in [0.2, 0.25) is 0 Å². The standard InChI is InChI=1S/C8H12O2.C2H6.CH4O/c1-6(10)8-3-2-7(4-8)5-9;2*1-2/h5,7-8H,2-4H2,1H3;1-2H3;2H,1H3/t7-,8+;;/m0../s1. The van der Waals surface area contributed by atoms with Crippen LogP contribution in [0, 0.1) is 11.8 Å². The van der Waals surface area contributed by atoms with Crippen LogP contribution in [0.4, 0.5) is 0 Å². The van der Waals surface area contributed by atoms with Crippen molar-refractivity contribution in [1.82, 2.24) is 0 Å². The second-order valence-corrected chi connectivity index (χ2v) is 3.02. The zero-order valence-electron chi connectivity index (χ0n) is 9.62. The summed E-state index contributed by atoms with van der Waals surface area (Å²) >= 11 is 0. The van der Waals surface area contributed by atoms with E-state index in [9.17, 15) is 9.59 Å². The molecule has 0 aromatic heterocycles. The molecule has 0 aromatic rings. The number of rotatable bonds is 2. The van der Waals surface area contributed by atoms with E-state index in [1.54, 1.807) is 6.92 Å². The third kappa shape index (κ3) is 5.86. The van der Waals surface area contributed by atoms with Crippen molar-refractivity contribution < 1.29 is 14.7 Å². The lowest BCUT2D eigenvalue weighted by molar-refractivity contribution is -0.120. The van der Waals surface area contributed by atoms with E-state index >= 15 is 0 Å². The fraction of sp³-hybridized carbons (Fsp3) is 0.818. The van der Waals surface area contributed by atoms with Gasteiger partial charge in [-0.2, -0.15) is 0 Å². The number of aldehydes is 1. The van der Waals surface area contributed by atoms with Crippen LogP contribution in [0.15, 0.2) is 0 Å². The summed E-state index contributed by atoms with van der Waals surface area (Å²) in [6.45, 7) is 5.61. The van der Waals surface area contributed by atoms with Gasteiger partial charge in [-0.25, -0.2) is 0 Å². The van der Waals surface area contributed by atoms with Crippen molar-refractivity contribution in [2.45, 2.75) is 40.0 Å². The first-order valence-electron chi connectivity index (χ1n) is 5.14. The van der Waals surface area contributed by atoms with Crippen molar-refractivity contribution in [3.63, 3.8) is 0 Å². The van der Waals surface area contributed by atoms with E-state index in [4.69, 9.17) is 5.11 Å². The Labute approximate surface area is 86.5 Å². The van der Waals surface area contributed by atoms with E-state index in [-0.39, 0.29) is 17.6 Å². The van der Waals surface area contributed by atoms with Gasteiger partial charge in [0.25, 0.3) is 0 Å². The zero-order chi connectivity index (χ0) is 11.6. The fourth-order valence-electron chi connectivity index (χ4n) is 1.51. The minimum absolute atomic E-state index is 0.161. The van der Waals surface area contributed by atoms with Gasteiger partial charge in [0.1, 0.15) is 12.1 Å². The Morgan fingerprint density at radius 2 is 1.79 bits per heavy atom. The molecule has 0 aliphatic heterocycles. The first kappa shape index (κ1) is 15.8. The van der Waals surface area contributed by atoms with Crippen LogP contribution in [0.5, 0.6) is 0 Å². The Bertz CT molecular complexity index is 155. The van der Waals surface area contributed by atoms with Crippen LogP contribution in [0.3, 0.4) is 0 Å². The second-order valence-electron chi connectivity index (χ2n) is 3.02. The number of carbonyl (C=O) groups is 2. The molecule has 1 aliphatic rings. The van der Waals surface area contributed by atoms with Crippen molar-refractivity contribution in [1.29, 1.82) is 0 Å². The summed E-state index contributed by atoms with van der Waals surface area (Å²) in [7, 11) is 1.00. The number of Topliss-reactive ketones (excluding diaryl/α,β-unsaturated/α-hetero) is 1. The number of ketones is 1. The van der Waals surface area contributed by atoms with Crippen LogP contribution in [0.1, 0.15) is 40.0 Å². The highest BCUT2D eigenvalue weighted by atomic mass is 16.2. The number of aliphatic hydroxyl groups is 1. The normalized spacial score (nSPS) is 23.8. The third-order valence-corrected chi connectivity index (χ3v) is 2.24. The summed E-state index contributed by atoms with van der Waals surface area (Å²) in [6.07, 6.45) is 3.59. The monoisotopic (exact) mass is 202 g/mol. The number of hydrogen-bond donors (Lipinski definition) is 1. The number of aliphatic hydroxyl groups excluding tert-OH is 1. The topological polar surface area (TPSA) is 54.4 Å². The average Bonchev–Trinajstić information content (AvgIpc) is 2.72. The Morgan fingerprint density at radius 1 is 1.29 bits per heavy atom. The molecule has 1 saturated carbocycles. The van der Waals surface area contributed by atoms with E-state index in [1.807, 2.05) is 13.8 Å². The Balaban J connectivity index is 0. The Morgan fingerprint density at radius 3 is 2.00 bits per heavy atom. The summed E-state index contributed by atoms with van der Waals surface area (Å²) in [6, 6.07) is 0. The minimum atomic E-state index is 0.161. The molecule has 1 fully saturated rings. The summed E-state index contributed by atoms with van der Waals surface area (Å²) in [5.41, 5.74) is 0.